The molecule has 0 aliphatic rings. The number of rotatable bonds is 2. The number of aryl methyl sites for hydroxylation is 1. The molecule has 0 saturated carbocycles. The van der Waals surface area contributed by atoms with E-state index in [9.17, 15) is 8.42 Å². The summed E-state index contributed by atoms with van der Waals surface area (Å²) in [7, 11) is -3.67. The van der Waals surface area contributed by atoms with Gasteiger partial charge in [0.15, 0.2) is 5.65 Å². The van der Waals surface area contributed by atoms with Crippen LogP contribution in [0.1, 0.15) is 19.5 Å². The monoisotopic (exact) mass is 302 g/mol. The Bertz CT molecular complexity index is 686. The molecule has 0 radical (unpaired) electrons. The number of nitrogen functional groups attached to an aromatic ring is 1. The number of hydrogen-bond donors (Lipinski definition) is 3. The van der Waals surface area contributed by atoms with Crippen LogP contribution in [0.25, 0.3) is 5.65 Å². The van der Waals surface area contributed by atoms with Gasteiger partial charge in [-0.1, -0.05) is 0 Å². The highest BCUT2D eigenvalue weighted by atomic mass is 32.2. The summed E-state index contributed by atoms with van der Waals surface area (Å²) in [6.07, 6.45) is 0.715. The maximum atomic E-state index is 9.19. The highest BCUT2D eigenvalue weighted by Crippen LogP contribution is 2.11. The molecular formula is C10H18N6O3S. The molecule has 4 N–H and O–H groups in total. The van der Waals surface area contributed by atoms with Crippen molar-refractivity contribution in [2.75, 3.05) is 17.3 Å². The average molecular weight is 302 g/mol. The zero-order valence-corrected chi connectivity index (χ0v) is 12.5. The van der Waals surface area contributed by atoms with Gasteiger partial charge in [0.1, 0.15) is 0 Å². The first kappa shape index (κ1) is 16.1. The maximum absolute atomic E-state index is 9.19. The van der Waals surface area contributed by atoms with Crippen molar-refractivity contribution in [3.63, 3.8) is 0 Å². The fraction of sp³-hybridized carbons (Fsp3) is 0.500. The second-order valence-electron chi connectivity index (χ2n) is 4.49. The summed E-state index contributed by atoms with van der Waals surface area (Å²) >= 11 is 0. The van der Waals surface area contributed by atoms with Gasteiger partial charge in [-0.3, -0.25) is 4.55 Å². The van der Waals surface area contributed by atoms with Crippen molar-refractivity contribution in [3.8, 4) is 0 Å². The second kappa shape index (κ2) is 6.01. The molecule has 10 heteroatoms. The van der Waals surface area contributed by atoms with E-state index < -0.39 is 10.1 Å². The predicted molar refractivity (Wildman–Crippen MR) is 76.2 cm³/mol. The first-order valence-corrected chi connectivity index (χ1v) is 7.60. The van der Waals surface area contributed by atoms with E-state index in [1.165, 1.54) is 0 Å². The number of nitrogens with zero attached hydrogens (tertiary/aromatic N) is 4. The van der Waals surface area contributed by atoms with E-state index in [2.05, 4.69) is 20.4 Å². The molecular weight excluding hydrogens is 284 g/mol. The van der Waals surface area contributed by atoms with E-state index in [0.717, 1.165) is 5.69 Å². The molecule has 2 heterocycles. The van der Waals surface area contributed by atoms with Gasteiger partial charge in [-0.05, 0) is 20.8 Å². The highest BCUT2D eigenvalue weighted by molar-refractivity contribution is 7.85. The number of anilines is 2. The molecule has 9 nitrogen and oxygen atoms in total. The topological polar surface area (TPSA) is 136 Å². The largest absolute Gasteiger partial charge is 0.368 e. The molecule has 2 aromatic rings. The Morgan fingerprint density at radius 1 is 1.40 bits per heavy atom. The lowest BCUT2D eigenvalue weighted by Crippen LogP contribution is -2.16. The minimum absolute atomic E-state index is 0.255. The van der Waals surface area contributed by atoms with E-state index in [4.69, 9.17) is 10.3 Å². The lowest BCUT2D eigenvalue weighted by molar-refractivity contribution is 0.490. The Morgan fingerprint density at radius 2 is 1.95 bits per heavy atom. The molecule has 112 valence electrons. The third-order valence-electron chi connectivity index (χ3n) is 1.88. The van der Waals surface area contributed by atoms with Gasteiger partial charge in [0.05, 0.1) is 11.9 Å². The predicted octanol–water partition coefficient (Wildman–Crippen LogP) is 0.339. The van der Waals surface area contributed by atoms with Crippen molar-refractivity contribution in [2.24, 2.45) is 0 Å². The van der Waals surface area contributed by atoms with Crippen molar-refractivity contribution in [1.29, 1.82) is 0 Å². The average Bonchev–Trinajstić information content (AvgIpc) is 2.54. The van der Waals surface area contributed by atoms with Gasteiger partial charge in [-0.25, -0.2) is 0 Å². The van der Waals surface area contributed by atoms with Crippen molar-refractivity contribution >= 4 is 27.7 Å². The smallest absolute Gasteiger partial charge is 0.261 e. The number of hydrogen-bond acceptors (Lipinski definition) is 7. The van der Waals surface area contributed by atoms with Crippen LogP contribution in [-0.2, 0) is 10.1 Å². The molecule has 0 aliphatic heterocycles. The fourth-order valence-electron chi connectivity index (χ4n) is 1.37. The Morgan fingerprint density at radius 3 is 2.45 bits per heavy atom. The fourth-order valence-corrected chi connectivity index (χ4v) is 1.37. The van der Waals surface area contributed by atoms with Crippen LogP contribution in [0.5, 0.6) is 0 Å². The Labute approximate surface area is 117 Å². The maximum Gasteiger partial charge on any atom is 0.261 e. The normalized spacial score (nSPS) is 11.3. The molecule has 0 fully saturated rings. The van der Waals surface area contributed by atoms with Gasteiger partial charge >= 0.3 is 0 Å². The lowest BCUT2D eigenvalue weighted by Gasteiger charge is -2.10. The van der Waals surface area contributed by atoms with Crippen molar-refractivity contribution in [1.82, 2.24) is 19.6 Å². The SMILES string of the molecule is CS(=O)(=O)O.Cc1cc2nc(N)nc(NC(C)C)n2n1. The molecule has 0 aliphatic carbocycles. The zero-order valence-electron chi connectivity index (χ0n) is 11.7. The minimum Gasteiger partial charge on any atom is -0.368 e. The minimum atomic E-state index is -3.67. The van der Waals surface area contributed by atoms with Crippen LogP contribution < -0.4 is 11.1 Å². The standard InChI is InChI=1S/C9H14N6.CH4O3S/c1-5(2)11-9-13-8(10)12-7-4-6(3)14-15(7)9;1-5(2,3)4/h4-5H,1-3H3,(H3,10,11,12,13);1H3,(H,2,3,4). The number of aromatic nitrogens is 4. The molecule has 0 bridgehead atoms. The molecule has 0 aromatic carbocycles. The summed E-state index contributed by atoms with van der Waals surface area (Å²) in [4.78, 5) is 8.20. The molecule has 2 rings (SSSR count). The molecule has 0 saturated heterocycles. The van der Waals surface area contributed by atoms with Gasteiger partial charge in [-0.15, -0.1) is 0 Å². The van der Waals surface area contributed by atoms with Crippen LogP contribution in [0, 0.1) is 6.92 Å². The summed E-state index contributed by atoms with van der Waals surface area (Å²) in [5, 5.41) is 7.45. The van der Waals surface area contributed by atoms with E-state index >= 15 is 0 Å². The van der Waals surface area contributed by atoms with Gasteiger partial charge < -0.3 is 11.1 Å². The molecule has 0 spiro atoms. The van der Waals surface area contributed by atoms with Gasteiger partial charge in [0.25, 0.3) is 10.1 Å². The summed E-state index contributed by atoms with van der Waals surface area (Å²) in [5.74, 6) is 0.881. The van der Waals surface area contributed by atoms with Crippen LogP contribution in [0.4, 0.5) is 11.9 Å². The van der Waals surface area contributed by atoms with Crippen molar-refractivity contribution in [2.45, 2.75) is 26.8 Å². The third-order valence-corrected chi connectivity index (χ3v) is 1.88. The summed E-state index contributed by atoms with van der Waals surface area (Å²) in [6, 6.07) is 2.14. The van der Waals surface area contributed by atoms with E-state index in [1.807, 2.05) is 26.8 Å². The van der Waals surface area contributed by atoms with Crippen LogP contribution in [0.3, 0.4) is 0 Å². The number of nitrogens with one attached hydrogen (secondary N) is 1. The molecule has 0 amide bonds. The van der Waals surface area contributed by atoms with Crippen LogP contribution in [0.15, 0.2) is 6.07 Å². The van der Waals surface area contributed by atoms with Gasteiger partial charge in [-0.2, -0.15) is 28.0 Å². The van der Waals surface area contributed by atoms with E-state index in [1.54, 1.807) is 4.52 Å². The Kier molecular flexibility index (Phi) is 4.84. The van der Waals surface area contributed by atoms with Gasteiger partial charge in [0, 0.05) is 12.1 Å². The Hall–Kier alpha value is -1.94. The van der Waals surface area contributed by atoms with Crippen LogP contribution in [-0.4, -0.2) is 44.9 Å². The first-order chi connectivity index (χ1) is 9.06. The summed E-state index contributed by atoms with van der Waals surface area (Å²) in [5.41, 5.74) is 7.21. The van der Waals surface area contributed by atoms with Crippen LogP contribution >= 0.6 is 0 Å². The van der Waals surface area contributed by atoms with Crippen LogP contribution in [0.2, 0.25) is 0 Å². The number of fused-ring (bicyclic) bond motifs is 1. The number of nitrogens with two attached hydrogens (primary N) is 1. The third kappa shape index (κ3) is 5.36. The molecule has 0 unspecified atom stereocenters. The first-order valence-electron chi connectivity index (χ1n) is 5.75. The molecule has 2 aromatic heterocycles. The summed E-state index contributed by atoms with van der Waals surface area (Å²) < 4.78 is 27.5. The summed E-state index contributed by atoms with van der Waals surface area (Å²) in [6.45, 7) is 5.96. The lowest BCUT2D eigenvalue weighted by atomic mass is 10.4. The second-order valence-corrected chi connectivity index (χ2v) is 5.96. The Balaban J connectivity index is 0.000000347. The van der Waals surface area contributed by atoms with Gasteiger partial charge in [0.2, 0.25) is 11.9 Å². The molecule has 0 atom stereocenters. The van der Waals surface area contributed by atoms with Crippen molar-refractivity contribution < 1.29 is 13.0 Å². The van der Waals surface area contributed by atoms with Crippen molar-refractivity contribution in [3.05, 3.63) is 11.8 Å². The highest BCUT2D eigenvalue weighted by Gasteiger charge is 2.08. The van der Waals surface area contributed by atoms with E-state index in [-0.39, 0.29) is 12.0 Å². The van der Waals surface area contributed by atoms with E-state index in [0.29, 0.717) is 17.9 Å². The quantitative estimate of drug-likeness (QED) is 0.676. The molecule has 20 heavy (non-hydrogen) atoms. The zero-order chi connectivity index (χ0) is 15.5.